The third-order valence-corrected chi connectivity index (χ3v) is 3.99. The van der Waals surface area contributed by atoms with Crippen LogP contribution in [0.4, 0.5) is 0 Å². The minimum atomic E-state index is -0.264. The summed E-state index contributed by atoms with van der Waals surface area (Å²) in [5.74, 6) is -0.419. The molecule has 0 atom stereocenters. The number of hydrogen-bond acceptors (Lipinski definition) is 3. The van der Waals surface area contributed by atoms with Crippen LogP contribution >= 0.6 is 0 Å². The summed E-state index contributed by atoms with van der Waals surface area (Å²) in [4.78, 5) is 38.3. The van der Waals surface area contributed by atoms with Gasteiger partial charge >= 0.3 is 0 Å². The lowest BCUT2D eigenvalue weighted by atomic mass is 9.97. The van der Waals surface area contributed by atoms with Crippen LogP contribution < -0.4 is 10.9 Å². The van der Waals surface area contributed by atoms with Crippen LogP contribution in [0.5, 0.6) is 0 Å². The number of amides is 2. The van der Waals surface area contributed by atoms with Crippen LogP contribution in [-0.4, -0.2) is 41.4 Å². The molecule has 0 spiro atoms. The molecule has 2 aliphatic rings. The summed E-state index contributed by atoms with van der Waals surface area (Å²) in [6.45, 7) is 1.74. The number of hydrogen-bond donors (Lipinski definition) is 1. The lowest BCUT2D eigenvalue weighted by Gasteiger charge is -2.27. The van der Waals surface area contributed by atoms with E-state index in [1.807, 2.05) is 0 Å². The number of carbonyl (C=O) groups excluding carboxylic acids is 2. The highest BCUT2D eigenvalue weighted by Crippen LogP contribution is 2.20. The van der Waals surface area contributed by atoms with E-state index in [-0.39, 0.29) is 17.4 Å². The largest absolute Gasteiger partial charge is 0.352 e. The summed E-state index contributed by atoms with van der Waals surface area (Å²) in [6.07, 6.45) is 2.33. The molecule has 2 aliphatic heterocycles. The lowest BCUT2D eigenvalue weighted by molar-refractivity contribution is 0.0769. The van der Waals surface area contributed by atoms with Crippen molar-refractivity contribution in [2.75, 3.05) is 20.1 Å². The zero-order chi connectivity index (χ0) is 14.3. The summed E-state index contributed by atoms with van der Waals surface area (Å²) in [5, 5.41) is 2.71. The normalized spacial score (nSPS) is 18.8. The SMILES string of the molecule is CN1CCCCn2c(c3c(cc2=O)C(=O)NCC3)C1=O. The molecule has 0 bridgehead atoms. The van der Waals surface area contributed by atoms with Gasteiger partial charge in [0.25, 0.3) is 17.4 Å². The quantitative estimate of drug-likeness (QED) is 0.724. The van der Waals surface area contributed by atoms with Crippen molar-refractivity contribution >= 4 is 11.8 Å². The van der Waals surface area contributed by atoms with Gasteiger partial charge in [-0.25, -0.2) is 0 Å². The molecule has 6 nitrogen and oxygen atoms in total. The van der Waals surface area contributed by atoms with Crippen molar-refractivity contribution in [1.82, 2.24) is 14.8 Å². The fourth-order valence-corrected chi connectivity index (χ4v) is 2.91. The molecule has 0 saturated carbocycles. The van der Waals surface area contributed by atoms with Gasteiger partial charge in [0.1, 0.15) is 5.69 Å². The van der Waals surface area contributed by atoms with Gasteiger partial charge in [0.2, 0.25) is 0 Å². The van der Waals surface area contributed by atoms with Crippen molar-refractivity contribution in [1.29, 1.82) is 0 Å². The van der Waals surface area contributed by atoms with E-state index in [4.69, 9.17) is 0 Å². The van der Waals surface area contributed by atoms with E-state index in [0.717, 1.165) is 12.8 Å². The number of nitrogens with one attached hydrogen (secondary N) is 1. The third-order valence-electron chi connectivity index (χ3n) is 3.99. The molecule has 3 heterocycles. The number of nitrogens with zero attached hydrogens (tertiary/aromatic N) is 2. The lowest BCUT2D eigenvalue weighted by Crippen LogP contribution is -2.42. The predicted molar refractivity (Wildman–Crippen MR) is 72.9 cm³/mol. The fourth-order valence-electron chi connectivity index (χ4n) is 2.91. The molecule has 1 aromatic rings. The first kappa shape index (κ1) is 12.9. The van der Waals surface area contributed by atoms with Crippen LogP contribution in [0.3, 0.4) is 0 Å². The second kappa shape index (κ2) is 4.77. The van der Waals surface area contributed by atoms with Crippen molar-refractivity contribution in [2.24, 2.45) is 0 Å². The molecule has 0 unspecified atom stereocenters. The van der Waals surface area contributed by atoms with Crippen LogP contribution in [0, 0.1) is 0 Å². The Kier molecular flexibility index (Phi) is 3.08. The van der Waals surface area contributed by atoms with E-state index in [1.165, 1.54) is 10.6 Å². The van der Waals surface area contributed by atoms with Gasteiger partial charge in [-0.05, 0) is 24.8 Å². The minimum absolute atomic E-state index is 0.159. The van der Waals surface area contributed by atoms with Crippen LogP contribution in [0.1, 0.15) is 39.3 Å². The van der Waals surface area contributed by atoms with E-state index in [2.05, 4.69) is 5.32 Å². The highest BCUT2D eigenvalue weighted by atomic mass is 16.2. The number of fused-ring (bicyclic) bond motifs is 3. The van der Waals surface area contributed by atoms with Gasteiger partial charge in [-0.2, -0.15) is 0 Å². The smallest absolute Gasteiger partial charge is 0.270 e. The van der Waals surface area contributed by atoms with Crippen molar-refractivity contribution in [3.8, 4) is 0 Å². The summed E-state index contributed by atoms with van der Waals surface area (Å²) < 4.78 is 1.54. The van der Waals surface area contributed by atoms with Crippen molar-refractivity contribution in [3.05, 3.63) is 33.2 Å². The van der Waals surface area contributed by atoms with Crippen LogP contribution in [0.25, 0.3) is 0 Å². The maximum atomic E-state index is 12.6. The molecule has 106 valence electrons. The molecule has 1 aromatic heterocycles. The first-order chi connectivity index (χ1) is 9.59. The maximum Gasteiger partial charge on any atom is 0.270 e. The Morgan fingerprint density at radius 3 is 2.70 bits per heavy atom. The molecule has 0 aliphatic carbocycles. The maximum absolute atomic E-state index is 12.6. The number of carbonyl (C=O) groups is 2. The zero-order valence-corrected chi connectivity index (χ0v) is 11.4. The minimum Gasteiger partial charge on any atom is -0.352 e. The van der Waals surface area contributed by atoms with Crippen LogP contribution in [0.2, 0.25) is 0 Å². The van der Waals surface area contributed by atoms with E-state index in [0.29, 0.717) is 42.9 Å². The molecule has 0 aromatic carbocycles. The summed E-state index contributed by atoms with van der Waals surface area (Å²) >= 11 is 0. The number of rotatable bonds is 0. The second-order valence-corrected chi connectivity index (χ2v) is 5.31. The average molecular weight is 275 g/mol. The van der Waals surface area contributed by atoms with Crippen molar-refractivity contribution < 1.29 is 9.59 Å². The average Bonchev–Trinajstić information content (AvgIpc) is 2.42. The number of aromatic nitrogens is 1. The first-order valence-corrected chi connectivity index (χ1v) is 6.90. The predicted octanol–water partition coefficient (Wildman–Crippen LogP) is 0.000000000000000278. The Balaban J connectivity index is 2.28. The Bertz CT molecular complexity index is 648. The molecule has 6 heteroatoms. The second-order valence-electron chi connectivity index (χ2n) is 5.31. The highest BCUT2D eigenvalue weighted by molar-refractivity contribution is 6.02. The van der Waals surface area contributed by atoms with Gasteiger partial charge in [0.05, 0.1) is 5.56 Å². The van der Waals surface area contributed by atoms with Crippen molar-refractivity contribution in [3.63, 3.8) is 0 Å². The van der Waals surface area contributed by atoms with Gasteiger partial charge in [-0.15, -0.1) is 0 Å². The molecule has 3 rings (SSSR count). The van der Waals surface area contributed by atoms with Gasteiger partial charge in [-0.3, -0.25) is 14.4 Å². The fraction of sp³-hybridized carbons (Fsp3) is 0.500. The molecule has 20 heavy (non-hydrogen) atoms. The summed E-state index contributed by atoms with van der Waals surface area (Å²) in [5.41, 5.74) is 1.21. The standard InChI is InChI=1S/C14H17N3O3/c1-16-6-2-3-7-17-11(18)8-10-9(12(17)14(16)20)4-5-15-13(10)19/h8H,2-7H2,1H3,(H,15,19). The Morgan fingerprint density at radius 2 is 1.90 bits per heavy atom. The number of pyridine rings is 1. The molecule has 0 fully saturated rings. The van der Waals surface area contributed by atoms with Gasteiger partial charge in [-0.1, -0.05) is 0 Å². The zero-order valence-electron chi connectivity index (χ0n) is 11.4. The van der Waals surface area contributed by atoms with E-state index in [1.54, 1.807) is 11.9 Å². The monoisotopic (exact) mass is 275 g/mol. The highest BCUT2D eigenvalue weighted by Gasteiger charge is 2.29. The Labute approximate surface area is 116 Å². The van der Waals surface area contributed by atoms with E-state index < -0.39 is 0 Å². The van der Waals surface area contributed by atoms with Crippen molar-refractivity contribution in [2.45, 2.75) is 25.8 Å². The third kappa shape index (κ3) is 1.92. The molecule has 0 saturated heterocycles. The topological polar surface area (TPSA) is 71.4 Å². The molecule has 0 radical (unpaired) electrons. The molecule has 2 amide bonds. The summed E-state index contributed by atoms with van der Waals surface area (Å²) in [6, 6.07) is 1.36. The van der Waals surface area contributed by atoms with Crippen LogP contribution in [0.15, 0.2) is 10.9 Å². The van der Waals surface area contributed by atoms with E-state index in [9.17, 15) is 14.4 Å². The van der Waals surface area contributed by atoms with Gasteiger partial charge in [0.15, 0.2) is 0 Å². The molecule has 1 N–H and O–H groups in total. The first-order valence-electron chi connectivity index (χ1n) is 6.90. The molecular formula is C14H17N3O3. The molecular weight excluding hydrogens is 258 g/mol. The Morgan fingerprint density at radius 1 is 1.15 bits per heavy atom. The van der Waals surface area contributed by atoms with Crippen LogP contribution in [-0.2, 0) is 13.0 Å². The Hall–Kier alpha value is -2.11. The van der Waals surface area contributed by atoms with Gasteiger partial charge < -0.3 is 14.8 Å². The van der Waals surface area contributed by atoms with E-state index >= 15 is 0 Å². The summed E-state index contributed by atoms with van der Waals surface area (Å²) in [7, 11) is 1.74. The van der Waals surface area contributed by atoms with Gasteiger partial charge in [0, 0.05) is 32.7 Å².